The number of ether oxygens (including phenoxy) is 2. The standard InChI is InChI=1S/C27H28Cl2N4O5/c1-27(2)24(33(36)25(34)30-20-9-5-7-18(28)13-20)32(21-10-6-8-19(29)14-21)26(35)31(27)16-17-11-22(37-3)15-23(12-17)38-4/h5-15,24,36H,16H2,1-4H3,(H,30,34)/t24-/m1/s1. The highest BCUT2D eigenvalue weighted by atomic mass is 35.5. The number of hydrogen-bond donors (Lipinski definition) is 2. The van der Waals surface area contributed by atoms with E-state index in [4.69, 9.17) is 32.7 Å². The molecule has 0 bridgehead atoms. The van der Waals surface area contributed by atoms with Crippen molar-refractivity contribution in [2.75, 3.05) is 24.4 Å². The number of anilines is 2. The van der Waals surface area contributed by atoms with Gasteiger partial charge < -0.3 is 19.7 Å². The molecule has 0 aromatic heterocycles. The van der Waals surface area contributed by atoms with Gasteiger partial charge in [-0.2, -0.15) is 5.06 Å². The van der Waals surface area contributed by atoms with Gasteiger partial charge in [0.15, 0.2) is 6.17 Å². The molecular formula is C27H28Cl2N4O5. The van der Waals surface area contributed by atoms with Crippen LogP contribution in [-0.4, -0.2) is 53.2 Å². The zero-order valence-electron chi connectivity index (χ0n) is 21.3. The molecule has 1 aliphatic rings. The Balaban J connectivity index is 1.73. The summed E-state index contributed by atoms with van der Waals surface area (Å²) in [5.74, 6) is 1.13. The van der Waals surface area contributed by atoms with Gasteiger partial charge in [-0.05, 0) is 67.9 Å². The summed E-state index contributed by atoms with van der Waals surface area (Å²) in [4.78, 5) is 30.1. The maximum absolute atomic E-state index is 13.9. The summed E-state index contributed by atoms with van der Waals surface area (Å²) < 4.78 is 10.8. The highest BCUT2D eigenvalue weighted by Crippen LogP contribution is 2.40. The van der Waals surface area contributed by atoms with Crippen LogP contribution in [0.3, 0.4) is 0 Å². The molecule has 0 aliphatic carbocycles. The number of benzene rings is 3. The van der Waals surface area contributed by atoms with Gasteiger partial charge in [0, 0.05) is 34.0 Å². The normalized spacial score (nSPS) is 16.4. The minimum Gasteiger partial charge on any atom is -0.497 e. The molecule has 38 heavy (non-hydrogen) atoms. The highest BCUT2D eigenvalue weighted by Gasteiger charge is 2.56. The molecule has 1 aliphatic heterocycles. The number of urea groups is 2. The number of methoxy groups -OCH3 is 2. The van der Waals surface area contributed by atoms with E-state index in [0.717, 1.165) is 5.56 Å². The lowest BCUT2D eigenvalue weighted by molar-refractivity contribution is -0.0954. The molecule has 0 unspecified atom stereocenters. The molecule has 11 heteroatoms. The van der Waals surface area contributed by atoms with Crippen molar-refractivity contribution < 1.29 is 24.3 Å². The Kier molecular flexibility index (Phi) is 7.91. The molecule has 0 radical (unpaired) electrons. The lowest BCUT2D eigenvalue weighted by Crippen LogP contribution is -2.58. The van der Waals surface area contributed by atoms with Crippen molar-refractivity contribution in [3.8, 4) is 11.5 Å². The zero-order chi connectivity index (χ0) is 27.6. The van der Waals surface area contributed by atoms with E-state index < -0.39 is 23.8 Å². The van der Waals surface area contributed by atoms with Crippen molar-refractivity contribution >= 4 is 46.6 Å². The quantitative estimate of drug-likeness (QED) is 0.255. The summed E-state index contributed by atoms with van der Waals surface area (Å²) in [5, 5.41) is 15.2. The van der Waals surface area contributed by atoms with E-state index in [-0.39, 0.29) is 6.54 Å². The Morgan fingerprint density at radius 3 is 2.18 bits per heavy atom. The van der Waals surface area contributed by atoms with Crippen LogP contribution in [0.1, 0.15) is 19.4 Å². The van der Waals surface area contributed by atoms with Gasteiger partial charge in [0.25, 0.3) is 0 Å². The fourth-order valence-electron chi connectivity index (χ4n) is 4.49. The van der Waals surface area contributed by atoms with Crippen LogP contribution in [0.5, 0.6) is 11.5 Å². The van der Waals surface area contributed by atoms with Crippen molar-refractivity contribution in [1.29, 1.82) is 0 Å². The molecule has 1 fully saturated rings. The number of halogens is 2. The fraction of sp³-hybridized carbons (Fsp3) is 0.259. The molecule has 3 aromatic rings. The maximum atomic E-state index is 13.9. The molecule has 1 heterocycles. The van der Waals surface area contributed by atoms with Crippen LogP contribution < -0.4 is 19.7 Å². The van der Waals surface area contributed by atoms with E-state index in [1.165, 1.54) is 4.90 Å². The second-order valence-corrected chi connectivity index (χ2v) is 10.1. The number of carbonyl (C=O) groups excluding carboxylic acids is 2. The average molecular weight is 559 g/mol. The monoisotopic (exact) mass is 558 g/mol. The first kappa shape index (κ1) is 27.4. The van der Waals surface area contributed by atoms with Gasteiger partial charge in [0.1, 0.15) is 11.5 Å². The number of carbonyl (C=O) groups is 2. The predicted octanol–water partition coefficient (Wildman–Crippen LogP) is 6.48. The molecule has 200 valence electrons. The average Bonchev–Trinajstić information content (AvgIpc) is 3.08. The summed E-state index contributed by atoms with van der Waals surface area (Å²) in [6.07, 6.45) is -1.12. The van der Waals surface area contributed by atoms with Crippen molar-refractivity contribution in [2.24, 2.45) is 0 Å². The van der Waals surface area contributed by atoms with Gasteiger partial charge >= 0.3 is 12.1 Å². The molecule has 2 N–H and O–H groups in total. The van der Waals surface area contributed by atoms with E-state index in [1.54, 1.807) is 99.7 Å². The summed E-state index contributed by atoms with van der Waals surface area (Å²) in [6.45, 7) is 3.69. The fourth-order valence-corrected chi connectivity index (χ4v) is 4.87. The van der Waals surface area contributed by atoms with Gasteiger partial charge in [-0.25, -0.2) is 9.59 Å². The first-order chi connectivity index (χ1) is 18.0. The third-order valence-corrected chi connectivity index (χ3v) is 6.83. The first-order valence-corrected chi connectivity index (χ1v) is 12.4. The van der Waals surface area contributed by atoms with Crippen molar-refractivity contribution in [3.05, 3.63) is 82.3 Å². The Morgan fingerprint density at radius 2 is 1.61 bits per heavy atom. The summed E-state index contributed by atoms with van der Waals surface area (Å²) in [7, 11) is 3.09. The summed E-state index contributed by atoms with van der Waals surface area (Å²) >= 11 is 12.3. The number of nitrogens with zero attached hydrogens (tertiary/aromatic N) is 3. The Hall–Kier alpha value is -3.66. The van der Waals surface area contributed by atoms with Crippen LogP contribution in [0, 0.1) is 0 Å². The summed E-state index contributed by atoms with van der Waals surface area (Å²) in [5.41, 5.74) is 0.470. The number of nitrogens with one attached hydrogen (secondary N) is 1. The highest BCUT2D eigenvalue weighted by molar-refractivity contribution is 6.31. The minimum atomic E-state index is -1.12. The van der Waals surface area contributed by atoms with Gasteiger partial charge in [-0.1, -0.05) is 35.3 Å². The van der Waals surface area contributed by atoms with E-state index in [2.05, 4.69) is 5.32 Å². The smallest absolute Gasteiger partial charge is 0.347 e. The van der Waals surface area contributed by atoms with Crippen molar-refractivity contribution in [2.45, 2.75) is 32.1 Å². The van der Waals surface area contributed by atoms with Gasteiger partial charge in [0.2, 0.25) is 0 Å². The maximum Gasteiger partial charge on any atom is 0.347 e. The molecule has 1 saturated heterocycles. The summed E-state index contributed by atoms with van der Waals surface area (Å²) in [6, 6.07) is 17.2. The van der Waals surface area contributed by atoms with Crippen LogP contribution in [0.15, 0.2) is 66.7 Å². The van der Waals surface area contributed by atoms with Gasteiger partial charge in [-0.3, -0.25) is 10.1 Å². The van der Waals surface area contributed by atoms with Gasteiger partial charge in [-0.15, -0.1) is 0 Å². The molecule has 9 nitrogen and oxygen atoms in total. The van der Waals surface area contributed by atoms with Crippen LogP contribution >= 0.6 is 23.2 Å². The van der Waals surface area contributed by atoms with E-state index >= 15 is 0 Å². The van der Waals surface area contributed by atoms with Crippen molar-refractivity contribution in [1.82, 2.24) is 9.96 Å². The first-order valence-electron chi connectivity index (χ1n) is 11.7. The third kappa shape index (κ3) is 5.45. The number of hydrogen-bond acceptors (Lipinski definition) is 5. The Labute approximate surface area is 231 Å². The van der Waals surface area contributed by atoms with Gasteiger partial charge in [0.05, 0.1) is 19.8 Å². The van der Waals surface area contributed by atoms with Crippen LogP contribution in [-0.2, 0) is 6.54 Å². The van der Waals surface area contributed by atoms with Crippen LogP contribution in [0.4, 0.5) is 21.0 Å². The second kappa shape index (κ2) is 11.0. The Bertz CT molecular complexity index is 1330. The number of rotatable bonds is 7. The minimum absolute atomic E-state index is 0.150. The molecule has 0 spiro atoms. The Morgan fingerprint density at radius 1 is 1.00 bits per heavy atom. The lowest BCUT2D eigenvalue weighted by Gasteiger charge is -2.38. The molecule has 1 atom stereocenters. The molecule has 0 saturated carbocycles. The van der Waals surface area contributed by atoms with Crippen LogP contribution in [0.2, 0.25) is 10.0 Å². The largest absolute Gasteiger partial charge is 0.497 e. The van der Waals surface area contributed by atoms with E-state index in [1.807, 2.05) is 0 Å². The SMILES string of the molecule is COc1cc(CN2C(=O)N(c3cccc(Cl)c3)[C@H](N(O)C(=O)Nc3cccc(Cl)c3)C2(C)C)cc(OC)c1. The molecule has 4 rings (SSSR count). The van der Waals surface area contributed by atoms with E-state index in [0.29, 0.717) is 38.0 Å². The van der Waals surface area contributed by atoms with Crippen LogP contribution in [0.25, 0.3) is 0 Å². The molecule has 4 amide bonds. The van der Waals surface area contributed by atoms with E-state index in [9.17, 15) is 14.8 Å². The predicted molar refractivity (Wildman–Crippen MR) is 146 cm³/mol. The zero-order valence-corrected chi connectivity index (χ0v) is 22.8. The number of amides is 4. The third-order valence-electron chi connectivity index (χ3n) is 6.36. The molecular weight excluding hydrogens is 531 g/mol. The number of hydroxylamine groups is 2. The lowest BCUT2D eigenvalue weighted by atomic mass is 9.99. The second-order valence-electron chi connectivity index (χ2n) is 9.25. The molecule has 3 aromatic carbocycles. The topological polar surface area (TPSA) is 94.6 Å². The van der Waals surface area contributed by atoms with Crippen molar-refractivity contribution in [3.63, 3.8) is 0 Å².